The average molecular weight is 393 g/mol. The summed E-state index contributed by atoms with van der Waals surface area (Å²) in [5.41, 5.74) is 1.47. The largest absolute Gasteiger partial charge is 0.465 e. The van der Waals surface area contributed by atoms with Gasteiger partial charge < -0.3 is 25.2 Å². The number of amides is 1. The maximum absolute atomic E-state index is 12.2. The number of nitrogens with one attached hydrogen (secondary N) is 2. The number of rotatable bonds is 3. The zero-order valence-electron chi connectivity index (χ0n) is 16.6. The number of hydrogen-bond acceptors (Lipinski definition) is 6. The van der Waals surface area contributed by atoms with Crippen molar-refractivity contribution in [3.63, 3.8) is 0 Å². The van der Waals surface area contributed by atoms with Crippen molar-refractivity contribution < 1.29 is 14.3 Å². The first-order chi connectivity index (χ1) is 12.6. The third-order valence-corrected chi connectivity index (χ3v) is 4.62. The molecule has 0 saturated carbocycles. The van der Waals surface area contributed by atoms with E-state index in [1.165, 1.54) is 7.11 Å². The summed E-state index contributed by atoms with van der Waals surface area (Å²) in [6, 6.07) is 5.32. The molecule has 1 aliphatic heterocycles. The van der Waals surface area contributed by atoms with Gasteiger partial charge in [0, 0.05) is 31.6 Å². The summed E-state index contributed by atoms with van der Waals surface area (Å²) in [6.45, 7) is 9.08. The van der Waals surface area contributed by atoms with Crippen molar-refractivity contribution in [3.05, 3.63) is 23.8 Å². The van der Waals surface area contributed by atoms with Gasteiger partial charge >= 0.3 is 5.97 Å². The molecule has 1 heterocycles. The number of esters is 1. The van der Waals surface area contributed by atoms with Crippen LogP contribution < -0.4 is 15.5 Å². The zero-order chi connectivity index (χ0) is 20.2. The number of thiocarbonyl (C=S) groups is 1. The van der Waals surface area contributed by atoms with Crippen LogP contribution in [0.1, 0.15) is 31.1 Å². The van der Waals surface area contributed by atoms with Crippen LogP contribution in [0.4, 0.5) is 11.4 Å². The second kappa shape index (κ2) is 8.67. The Morgan fingerprint density at radius 1 is 1.15 bits per heavy atom. The molecule has 1 aromatic carbocycles. The van der Waals surface area contributed by atoms with Crippen LogP contribution in [0.2, 0.25) is 0 Å². The lowest BCUT2D eigenvalue weighted by Crippen LogP contribution is -2.45. The Morgan fingerprint density at radius 2 is 1.78 bits per heavy atom. The Hall–Kier alpha value is -2.19. The number of piperazine rings is 1. The number of anilines is 2. The fraction of sp³-hybridized carbons (Fsp3) is 0.526. The van der Waals surface area contributed by atoms with Gasteiger partial charge in [-0.15, -0.1) is 0 Å². The standard InChI is InChI=1S/C19H28N4O3S/c1-19(2,3)17(25)21-18(27)20-14-12-13(16(24)26-5)6-7-15(14)23-10-8-22(4)9-11-23/h6-7,12H,8-11H2,1-5H3,(H2,20,21,25,27). The molecule has 0 atom stereocenters. The minimum atomic E-state index is -0.556. The van der Waals surface area contributed by atoms with Gasteiger partial charge in [0.1, 0.15) is 0 Å². The third kappa shape index (κ3) is 5.64. The van der Waals surface area contributed by atoms with Crippen LogP contribution in [0.25, 0.3) is 0 Å². The average Bonchev–Trinajstić information content (AvgIpc) is 2.61. The maximum atomic E-state index is 12.2. The number of likely N-dealkylation sites (N-methyl/N-ethyl adjacent to an activating group) is 1. The molecular formula is C19H28N4O3S. The topological polar surface area (TPSA) is 73.9 Å². The third-order valence-electron chi connectivity index (χ3n) is 4.42. The number of nitrogens with zero attached hydrogens (tertiary/aromatic N) is 2. The van der Waals surface area contributed by atoms with E-state index in [4.69, 9.17) is 17.0 Å². The molecule has 1 saturated heterocycles. The quantitative estimate of drug-likeness (QED) is 0.603. The van der Waals surface area contributed by atoms with Gasteiger partial charge in [0.05, 0.1) is 24.0 Å². The van der Waals surface area contributed by atoms with Crippen molar-refractivity contribution in [3.8, 4) is 0 Å². The van der Waals surface area contributed by atoms with Crippen LogP contribution >= 0.6 is 12.2 Å². The van der Waals surface area contributed by atoms with Crippen LogP contribution in [0.3, 0.4) is 0 Å². The van der Waals surface area contributed by atoms with E-state index in [-0.39, 0.29) is 11.0 Å². The molecule has 1 aromatic rings. The van der Waals surface area contributed by atoms with Gasteiger partial charge in [0.2, 0.25) is 5.91 Å². The highest BCUT2D eigenvalue weighted by Gasteiger charge is 2.23. The van der Waals surface area contributed by atoms with Gasteiger partial charge in [-0.2, -0.15) is 0 Å². The number of ether oxygens (including phenoxy) is 1. The highest BCUT2D eigenvalue weighted by atomic mass is 32.1. The Balaban J connectivity index is 2.25. The van der Waals surface area contributed by atoms with E-state index >= 15 is 0 Å². The van der Waals surface area contributed by atoms with Gasteiger partial charge in [-0.05, 0) is 37.5 Å². The van der Waals surface area contributed by atoms with Gasteiger partial charge in [-0.1, -0.05) is 20.8 Å². The van der Waals surface area contributed by atoms with Crippen LogP contribution in [0.15, 0.2) is 18.2 Å². The van der Waals surface area contributed by atoms with E-state index in [0.717, 1.165) is 31.9 Å². The molecule has 2 rings (SSSR count). The number of carbonyl (C=O) groups excluding carboxylic acids is 2. The number of methoxy groups -OCH3 is 1. The van der Waals surface area contributed by atoms with Crippen LogP contribution in [-0.4, -0.2) is 62.2 Å². The molecule has 7 nitrogen and oxygen atoms in total. The van der Waals surface area contributed by atoms with Crippen LogP contribution in [0.5, 0.6) is 0 Å². The van der Waals surface area contributed by atoms with Crippen molar-refractivity contribution in [1.29, 1.82) is 0 Å². The minimum Gasteiger partial charge on any atom is -0.465 e. The summed E-state index contributed by atoms with van der Waals surface area (Å²) in [6.07, 6.45) is 0. The normalized spacial score (nSPS) is 15.2. The van der Waals surface area contributed by atoms with E-state index in [0.29, 0.717) is 11.3 Å². The molecule has 1 amide bonds. The fourth-order valence-electron chi connectivity index (χ4n) is 2.65. The summed E-state index contributed by atoms with van der Waals surface area (Å²) < 4.78 is 4.82. The van der Waals surface area contributed by atoms with Gasteiger partial charge in [0.15, 0.2) is 5.11 Å². The molecule has 8 heteroatoms. The van der Waals surface area contributed by atoms with E-state index in [9.17, 15) is 9.59 Å². The molecule has 1 fully saturated rings. The highest BCUT2D eigenvalue weighted by Crippen LogP contribution is 2.28. The molecule has 2 N–H and O–H groups in total. The molecule has 0 aliphatic carbocycles. The molecule has 0 unspecified atom stereocenters. The first kappa shape index (κ1) is 21.1. The van der Waals surface area contributed by atoms with Crippen molar-refractivity contribution >= 4 is 40.6 Å². The molecule has 0 bridgehead atoms. The van der Waals surface area contributed by atoms with E-state index < -0.39 is 11.4 Å². The molecule has 0 spiro atoms. The molecule has 148 valence electrons. The molecule has 0 radical (unpaired) electrons. The van der Waals surface area contributed by atoms with Gasteiger partial charge in [-0.25, -0.2) is 4.79 Å². The predicted molar refractivity (Wildman–Crippen MR) is 111 cm³/mol. The Morgan fingerprint density at radius 3 is 2.33 bits per heavy atom. The van der Waals surface area contributed by atoms with Crippen LogP contribution in [0, 0.1) is 5.41 Å². The van der Waals surface area contributed by atoms with Crippen molar-refractivity contribution in [2.24, 2.45) is 5.41 Å². The summed E-state index contributed by atoms with van der Waals surface area (Å²) in [5.74, 6) is -0.599. The molecule has 0 aromatic heterocycles. The predicted octanol–water partition coefficient (Wildman–Crippen LogP) is 2.08. The second-order valence-electron chi connectivity index (χ2n) is 7.67. The summed E-state index contributed by atoms with van der Waals surface area (Å²) >= 11 is 5.31. The molecule has 1 aliphatic rings. The minimum absolute atomic E-state index is 0.176. The first-order valence-electron chi connectivity index (χ1n) is 8.90. The Kier molecular flexibility index (Phi) is 6.78. The van der Waals surface area contributed by atoms with E-state index in [1.54, 1.807) is 12.1 Å². The van der Waals surface area contributed by atoms with Gasteiger partial charge in [0.25, 0.3) is 0 Å². The lowest BCUT2D eigenvalue weighted by atomic mass is 9.96. The maximum Gasteiger partial charge on any atom is 0.337 e. The first-order valence-corrected chi connectivity index (χ1v) is 9.31. The lowest BCUT2D eigenvalue weighted by Gasteiger charge is -2.35. The van der Waals surface area contributed by atoms with Crippen molar-refractivity contribution in [1.82, 2.24) is 10.2 Å². The fourth-order valence-corrected chi connectivity index (χ4v) is 2.85. The van der Waals surface area contributed by atoms with Crippen molar-refractivity contribution in [2.75, 3.05) is 50.6 Å². The second-order valence-corrected chi connectivity index (χ2v) is 8.08. The SMILES string of the molecule is COC(=O)c1ccc(N2CCN(C)CC2)c(NC(=S)NC(=O)C(C)(C)C)c1. The Labute approximate surface area is 166 Å². The number of carbonyl (C=O) groups is 2. The van der Waals surface area contributed by atoms with Crippen LogP contribution in [-0.2, 0) is 9.53 Å². The van der Waals surface area contributed by atoms with E-state index in [1.807, 2.05) is 26.8 Å². The number of hydrogen-bond donors (Lipinski definition) is 2. The summed E-state index contributed by atoms with van der Waals surface area (Å²) in [5, 5.41) is 5.99. The van der Waals surface area contributed by atoms with Gasteiger partial charge in [-0.3, -0.25) is 4.79 Å². The smallest absolute Gasteiger partial charge is 0.337 e. The Bertz CT molecular complexity index is 722. The highest BCUT2D eigenvalue weighted by molar-refractivity contribution is 7.80. The van der Waals surface area contributed by atoms with Crippen molar-refractivity contribution in [2.45, 2.75) is 20.8 Å². The zero-order valence-corrected chi connectivity index (χ0v) is 17.4. The monoisotopic (exact) mass is 392 g/mol. The summed E-state index contributed by atoms with van der Waals surface area (Å²) in [7, 11) is 3.44. The van der Waals surface area contributed by atoms with E-state index in [2.05, 4.69) is 27.5 Å². The molecule has 27 heavy (non-hydrogen) atoms. The lowest BCUT2D eigenvalue weighted by molar-refractivity contribution is -0.126. The summed E-state index contributed by atoms with van der Waals surface area (Å²) in [4.78, 5) is 28.6. The molecular weight excluding hydrogens is 364 g/mol. The number of benzene rings is 1.